The van der Waals surface area contributed by atoms with Crippen LogP contribution >= 0.6 is 0 Å². The van der Waals surface area contributed by atoms with Gasteiger partial charge in [0, 0.05) is 0 Å². The van der Waals surface area contributed by atoms with Gasteiger partial charge in [0.05, 0.1) is 12.7 Å². The van der Waals surface area contributed by atoms with Crippen molar-refractivity contribution in [2.75, 3.05) is 7.11 Å². The molecular formula is C18H20O3. The molecule has 21 heavy (non-hydrogen) atoms. The van der Waals surface area contributed by atoms with E-state index in [0.29, 0.717) is 18.1 Å². The number of hydrogen-bond donors (Lipinski definition) is 0. The van der Waals surface area contributed by atoms with Crippen molar-refractivity contribution in [3.63, 3.8) is 0 Å². The highest BCUT2D eigenvalue weighted by molar-refractivity contribution is 5.89. The maximum absolute atomic E-state index is 11.4. The Morgan fingerprint density at radius 3 is 2.43 bits per heavy atom. The summed E-state index contributed by atoms with van der Waals surface area (Å²) in [6, 6.07) is 15.4. The molecule has 0 radical (unpaired) electrons. The Bertz CT molecular complexity index is 600. The Morgan fingerprint density at radius 1 is 1.10 bits per heavy atom. The quantitative estimate of drug-likeness (QED) is 0.773. The first-order valence-electron chi connectivity index (χ1n) is 7.00. The van der Waals surface area contributed by atoms with E-state index in [2.05, 4.69) is 30.7 Å². The number of rotatable bonds is 5. The SMILES string of the molecule is COC(=O)c1ccc(COc2cccc(C(C)C)c2)cc1. The van der Waals surface area contributed by atoms with E-state index in [-0.39, 0.29) is 5.97 Å². The summed E-state index contributed by atoms with van der Waals surface area (Å²) in [5.41, 5.74) is 2.81. The highest BCUT2D eigenvalue weighted by atomic mass is 16.5. The summed E-state index contributed by atoms with van der Waals surface area (Å²) in [6.07, 6.45) is 0. The van der Waals surface area contributed by atoms with Crippen LogP contribution in [0.2, 0.25) is 0 Å². The Balaban J connectivity index is 2.00. The van der Waals surface area contributed by atoms with Crippen LogP contribution in [0.3, 0.4) is 0 Å². The molecule has 0 aliphatic heterocycles. The van der Waals surface area contributed by atoms with Gasteiger partial charge in [0.15, 0.2) is 0 Å². The van der Waals surface area contributed by atoms with Crippen LogP contribution in [0.4, 0.5) is 0 Å². The van der Waals surface area contributed by atoms with Crippen LogP contribution in [0.25, 0.3) is 0 Å². The highest BCUT2D eigenvalue weighted by Crippen LogP contribution is 2.21. The first kappa shape index (κ1) is 15.1. The third-order valence-electron chi connectivity index (χ3n) is 3.31. The van der Waals surface area contributed by atoms with E-state index < -0.39 is 0 Å². The molecule has 0 fully saturated rings. The van der Waals surface area contributed by atoms with Gasteiger partial charge in [0.2, 0.25) is 0 Å². The molecule has 0 N–H and O–H groups in total. The monoisotopic (exact) mass is 284 g/mol. The zero-order chi connectivity index (χ0) is 15.2. The summed E-state index contributed by atoms with van der Waals surface area (Å²) >= 11 is 0. The highest BCUT2D eigenvalue weighted by Gasteiger charge is 2.05. The minimum atomic E-state index is -0.327. The summed E-state index contributed by atoms with van der Waals surface area (Å²) in [6.45, 7) is 4.79. The summed E-state index contributed by atoms with van der Waals surface area (Å²) in [5.74, 6) is 1.01. The molecule has 0 atom stereocenters. The maximum Gasteiger partial charge on any atom is 0.337 e. The van der Waals surface area contributed by atoms with Crippen molar-refractivity contribution in [3.8, 4) is 5.75 Å². The van der Waals surface area contributed by atoms with E-state index in [1.165, 1.54) is 12.7 Å². The lowest BCUT2D eigenvalue weighted by atomic mass is 10.0. The zero-order valence-corrected chi connectivity index (χ0v) is 12.6. The molecule has 0 heterocycles. The van der Waals surface area contributed by atoms with Gasteiger partial charge in [-0.1, -0.05) is 38.1 Å². The van der Waals surface area contributed by atoms with Gasteiger partial charge in [-0.2, -0.15) is 0 Å². The van der Waals surface area contributed by atoms with Gasteiger partial charge in [-0.15, -0.1) is 0 Å². The lowest BCUT2D eigenvalue weighted by molar-refractivity contribution is 0.0600. The predicted molar refractivity (Wildman–Crippen MR) is 82.6 cm³/mol. The van der Waals surface area contributed by atoms with Crippen LogP contribution < -0.4 is 4.74 Å². The zero-order valence-electron chi connectivity index (χ0n) is 12.6. The molecule has 110 valence electrons. The number of methoxy groups -OCH3 is 1. The van der Waals surface area contributed by atoms with E-state index in [1.54, 1.807) is 12.1 Å². The largest absolute Gasteiger partial charge is 0.489 e. The van der Waals surface area contributed by atoms with Crippen LogP contribution in [0.1, 0.15) is 41.3 Å². The second kappa shape index (κ2) is 6.93. The molecule has 2 aromatic rings. The van der Waals surface area contributed by atoms with Crippen molar-refractivity contribution in [2.24, 2.45) is 0 Å². The number of ether oxygens (including phenoxy) is 2. The second-order valence-electron chi connectivity index (χ2n) is 5.20. The van der Waals surface area contributed by atoms with E-state index in [1.807, 2.05) is 24.3 Å². The molecule has 0 amide bonds. The lowest BCUT2D eigenvalue weighted by Gasteiger charge is -2.10. The number of carbonyl (C=O) groups is 1. The molecular weight excluding hydrogens is 264 g/mol. The average Bonchev–Trinajstić information content (AvgIpc) is 2.53. The van der Waals surface area contributed by atoms with Gasteiger partial charge >= 0.3 is 5.97 Å². The molecule has 0 aliphatic rings. The first-order valence-corrected chi connectivity index (χ1v) is 7.00. The van der Waals surface area contributed by atoms with E-state index in [4.69, 9.17) is 4.74 Å². The van der Waals surface area contributed by atoms with Crippen LogP contribution in [0.5, 0.6) is 5.75 Å². The van der Waals surface area contributed by atoms with Crippen LogP contribution in [0.15, 0.2) is 48.5 Å². The van der Waals surface area contributed by atoms with Crippen molar-refractivity contribution in [3.05, 3.63) is 65.2 Å². The molecule has 0 bridgehead atoms. The summed E-state index contributed by atoms with van der Waals surface area (Å²) in [7, 11) is 1.38. The summed E-state index contributed by atoms with van der Waals surface area (Å²) in [4.78, 5) is 11.4. The molecule has 3 nitrogen and oxygen atoms in total. The first-order chi connectivity index (χ1) is 10.1. The van der Waals surface area contributed by atoms with Crippen molar-refractivity contribution in [2.45, 2.75) is 26.4 Å². The molecule has 0 unspecified atom stereocenters. The number of esters is 1. The Labute approximate surface area is 125 Å². The van der Waals surface area contributed by atoms with Gasteiger partial charge in [-0.05, 0) is 41.3 Å². The van der Waals surface area contributed by atoms with E-state index in [0.717, 1.165) is 11.3 Å². The molecule has 3 heteroatoms. The number of carbonyl (C=O) groups excluding carboxylic acids is 1. The Hall–Kier alpha value is -2.29. The van der Waals surface area contributed by atoms with Gasteiger partial charge < -0.3 is 9.47 Å². The number of hydrogen-bond acceptors (Lipinski definition) is 3. The maximum atomic E-state index is 11.4. The Kier molecular flexibility index (Phi) is 4.99. The molecule has 0 saturated heterocycles. The predicted octanol–water partition coefficient (Wildman–Crippen LogP) is 4.18. The minimum absolute atomic E-state index is 0.327. The molecule has 0 aliphatic carbocycles. The fourth-order valence-corrected chi connectivity index (χ4v) is 1.99. The summed E-state index contributed by atoms with van der Waals surface area (Å²) < 4.78 is 10.5. The normalized spacial score (nSPS) is 10.5. The molecule has 0 spiro atoms. The van der Waals surface area contributed by atoms with Crippen molar-refractivity contribution in [1.29, 1.82) is 0 Å². The van der Waals surface area contributed by atoms with E-state index in [9.17, 15) is 4.79 Å². The smallest absolute Gasteiger partial charge is 0.337 e. The minimum Gasteiger partial charge on any atom is -0.489 e. The fraction of sp³-hybridized carbons (Fsp3) is 0.278. The molecule has 0 aromatic heterocycles. The average molecular weight is 284 g/mol. The van der Waals surface area contributed by atoms with Gasteiger partial charge in [0.25, 0.3) is 0 Å². The summed E-state index contributed by atoms with van der Waals surface area (Å²) in [5, 5.41) is 0. The molecule has 0 saturated carbocycles. The van der Waals surface area contributed by atoms with Crippen LogP contribution in [-0.4, -0.2) is 13.1 Å². The van der Waals surface area contributed by atoms with Crippen molar-refractivity contribution in [1.82, 2.24) is 0 Å². The Morgan fingerprint density at radius 2 is 1.81 bits per heavy atom. The van der Waals surface area contributed by atoms with Crippen molar-refractivity contribution < 1.29 is 14.3 Å². The third kappa shape index (κ3) is 4.09. The fourth-order valence-electron chi connectivity index (χ4n) is 1.99. The van der Waals surface area contributed by atoms with Gasteiger partial charge in [0.1, 0.15) is 12.4 Å². The second-order valence-corrected chi connectivity index (χ2v) is 5.20. The van der Waals surface area contributed by atoms with Crippen molar-refractivity contribution >= 4 is 5.97 Å². The molecule has 2 aromatic carbocycles. The number of benzene rings is 2. The lowest BCUT2D eigenvalue weighted by Crippen LogP contribution is -2.02. The standard InChI is InChI=1S/C18H20O3/c1-13(2)16-5-4-6-17(11-16)21-12-14-7-9-15(10-8-14)18(19)20-3/h4-11,13H,12H2,1-3H3. The van der Waals surface area contributed by atoms with E-state index >= 15 is 0 Å². The van der Waals surface area contributed by atoms with Gasteiger partial charge in [-0.25, -0.2) is 4.79 Å². The third-order valence-corrected chi connectivity index (χ3v) is 3.31. The van der Waals surface area contributed by atoms with Gasteiger partial charge in [-0.3, -0.25) is 0 Å². The topological polar surface area (TPSA) is 35.5 Å². The van der Waals surface area contributed by atoms with Crippen LogP contribution in [-0.2, 0) is 11.3 Å². The molecule has 2 rings (SSSR count). The van der Waals surface area contributed by atoms with Crippen LogP contribution in [0, 0.1) is 0 Å².